The number of rotatable bonds is 4. The molecule has 1 unspecified atom stereocenters. The Kier molecular flexibility index (Phi) is 3.21. The molecule has 16 heavy (non-hydrogen) atoms. The molecule has 5 nitrogen and oxygen atoms in total. The van der Waals surface area contributed by atoms with Gasteiger partial charge >= 0.3 is 0 Å². The Balaban J connectivity index is 1.93. The number of pyridine rings is 1. The highest BCUT2D eigenvalue weighted by Crippen LogP contribution is 2.09. The largest absolute Gasteiger partial charge is 0.343 e. The number of halogens is 1. The molecule has 1 N–H and O–H groups in total. The fourth-order valence-corrected chi connectivity index (χ4v) is 1.26. The van der Waals surface area contributed by atoms with E-state index in [0.29, 0.717) is 12.4 Å². The smallest absolute Gasteiger partial charge is 0.213 e. The molecule has 2 aromatic rings. The van der Waals surface area contributed by atoms with Crippen LogP contribution in [0.5, 0.6) is 0 Å². The second-order valence-electron chi connectivity index (χ2n) is 3.35. The molecule has 0 aromatic carbocycles. The van der Waals surface area contributed by atoms with Gasteiger partial charge in [-0.05, 0) is 19.1 Å². The van der Waals surface area contributed by atoms with E-state index in [2.05, 4.69) is 25.0 Å². The molecular formula is C10H11FN4O. The van der Waals surface area contributed by atoms with Crippen molar-refractivity contribution in [2.45, 2.75) is 19.5 Å². The summed E-state index contributed by atoms with van der Waals surface area (Å²) in [6.07, 6.45) is 2.47. The first-order valence-corrected chi connectivity index (χ1v) is 4.86. The molecular weight excluding hydrogens is 211 g/mol. The second kappa shape index (κ2) is 4.80. The maximum atomic E-state index is 12.6. The molecule has 0 aliphatic carbocycles. The van der Waals surface area contributed by atoms with Crippen molar-refractivity contribution in [3.8, 4) is 0 Å². The second-order valence-corrected chi connectivity index (χ2v) is 3.35. The van der Waals surface area contributed by atoms with Gasteiger partial charge < -0.3 is 9.84 Å². The summed E-state index contributed by atoms with van der Waals surface area (Å²) in [6.45, 7) is 2.41. The predicted octanol–water partition coefficient (Wildman–Crippen LogP) is 1.45. The Hall–Kier alpha value is -1.82. The first-order chi connectivity index (χ1) is 7.75. The maximum Gasteiger partial charge on any atom is 0.213 e. The minimum absolute atomic E-state index is 0.000833. The van der Waals surface area contributed by atoms with E-state index in [4.69, 9.17) is 0 Å². The summed E-state index contributed by atoms with van der Waals surface area (Å²) in [6, 6.07) is 3.03. The van der Waals surface area contributed by atoms with Gasteiger partial charge in [-0.25, -0.2) is 4.39 Å². The summed E-state index contributed by atoms with van der Waals surface area (Å²) >= 11 is 0. The minimum atomic E-state index is -0.339. The molecule has 6 heteroatoms. The molecule has 2 aromatic heterocycles. The quantitative estimate of drug-likeness (QED) is 0.848. The molecule has 0 radical (unpaired) electrons. The fraction of sp³-hybridized carbons (Fsp3) is 0.300. The highest BCUT2D eigenvalue weighted by Gasteiger charge is 2.07. The van der Waals surface area contributed by atoms with Crippen molar-refractivity contribution < 1.29 is 8.91 Å². The molecule has 0 fully saturated rings. The van der Waals surface area contributed by atoms with Crippen molar-refractivity contribution in [1.82, 2.24) is 20.4 Å². The molecule has 0 amide bonds. The summed E-state index contributed by atoms with van der Waals surface area (Å²) in [5, 5.41) is 6.82. The van der Waals surface area contributed by atoms with Gasteiger partial charge in [-0.3, -0.25) is 4.98 Å². The Labute approximate surface area is 91.7 Å². The molecule has 0 saturated carbocycles. The van der Waals surface area contributed by atoms with Gasteiger partial charge in [0.1, 0.15) is 5.82 Å². The third-order valence-electron chi connectivity index (χ3n) is 2.17. The number of nitrogens with zero attached hydrogens (tertiary/aromatic N) is 3. The van der Waals surface area contributed by atoms with Crippen LogP contribution >= 0.6 is 0 Å². The van der Waals surface area contributed by atoms with Crippen LogP contribution in [0, 0.1) is 5.82 Å². The van der Waals surface area contributed by atoms with E-state index >= 15 is 0 Å². The van der Waals surface area contributed by atoms with Gasteiger partial charge in [-0.2, -0.15) is 4.98 Å². The highest BCUT2D eigenvalue weighted by atomic mass is 19.1. The monoisotopic (exact) mass is 222 g/mol. The SMILES string of the molecule is CC(NCc1ncon1)c1ccc(F)cn1. The van der Waals surface area contributed by atoms with Gasteiger partial charge in [0.25, 0.3) is 0 Å². The van der Waals surface area contributed by atoms with Gasteiger partial charge in [0.05, 0.1) is 18.4 Å². The van der Waals surface area contributed by atoms with E-state index < -0.39 is 0 Å². The Bertz CT molecular complexity index is 429. The Morgan fingerprint density at radius 3 is 2.94 bits per heavy atom. The van der Waals surface area contributed by atoms with Gasteiger partial charge in [-0.15, -0.1) is 0 Å². The average Bonchev–Trinajstić information content (AvgIpc) is 2.80. The van der Waals surface area contributed by atoms with E-state index in [9.17, 15) is 4.39 Å². The predicted molar refractivity (Wildman–Crippen MR) is 53.7 cm³/mol. The molecule has 2 rings (SSSR count). The summed E-state index contributed by atoms with van der Waals surface area (Å²) in [5.74, 6) is 0.239. The third kappa shape index (κ3) is 2.60. The van der Waals surface area contributed by atoms with E-state index in [1.165, 1.54) is 18.7 Å². The Morgan fingerprint density at radius 2 is 2.31 bits per heavy atom. The van der Waals surface area contributed by atoms with Crippen molar-refractivity contribution in [1.29, 1.82) is 0 Å². The number of hydrogen-bond donors (Lipinski definition) is 1. The van der Waals surface area contributed by atoms with Gasteiger partial charge in [0.15, 0.2) is 5.82 Å². The van der Waals surface area contributed by atoms with Crippen molar-refractivity contribution in [2.75, 3.05) is 0 Å². The lowest BCUT2D eigenvalue weighted by Gasteiger charge is -2.11. The molecule has 0 bridgehead atoms. The fourth-order valence-electron chi connectivity index (χ4n) is 1.26. The van der Waals surface area contributed by atoms with E-state index in [1.807, 2.05) is 6.92 Å². The third-order valence-corrected chi connectivity index (χ3v) is 2.17. The van der Waals surface area contributed by atoms with E-state index in [-0.39, 0.29) is 11.9 Å². The highest BCUT2D eigenvalue weighted by molar-refractivity contribution is 5.09. The van der Waals surface area contributed by atoms with Gasteiger partial charge in [0.2, 0.25) is 6.39 Å². The van der Waals surface area contributed by atoms with Crippen molar-refractivity contribution in [3.63, 3.8) is 0 Å². The molecule has 84 valence electrons. The first-order valence-electron chi connectivity index (χ1n) is 4.86. The molecule has 2 heterocycles. The van der Waals surface area contributed by atoms with Gasteiger partial charge in [-0.1, -0.05) is 5.16 Å². The molecule has 0 aliphatic heterocycles. The van der Waals surface area contributed by atoms with Crippen LogP contribution in [0.2, 0.25) is 0 Å². The lowest BCUT2D eigenvalue weighted by Crippen LogP contribution is -2.19. The summed E-state index contributed by atoms with van der Waals surface area (Å²) < 4.78 is 17.2. The molecule has 1 atom stereocenters. The summed E-state index contributed by atoms with van der Waals surface area (Å²) in [4.78, 5) is 7.85. The molecule has 0 saturated heterocycles. The van der Waals surface area contributed by atoms with Crippen LogP contribution in [-0.2, 0) is 6.54 Å². The van der Waals surface area contributed by atoms with Crippen LogP contribution in [0.15, 0.2) is 29.2 Å². The zero-order valence-electron chi connectivity index (χ0n) is 8.72. The summed E-state index contributed by atoms with van der Waals surface area (Å²) in [5.41, 5.74) is 0.768. The van der Waals surface area contributed by atoms with E-state index in [0.717, 1.165) is 5.69 Å². The van der Waals surface area contributed by atoms with Crippen LogP contribution in [0.4, 0.5) is 4.39 Å². The van der Waals surface area contributed by atoms with Crippen LogP contribution in [-0.4, -0.2) is 15.1 Å². The molecule has 0 aliphatic rings. The Morgan fingerprint density at radius 1 is 1.44 bits per heavy atom. The van der Waals surface area contributed by atoms with Gasteiger partial charge in [0, 0.05) is 6.04 Å². The van der Waals surface area contributed by atoms with Crippen molar-refractivity contribution in [2.24, 2.45) is 0 Å². The standard InChI is InChI=1S/C10H11FN4O/c1-7(9-3-2-8(11)4-13-9)12-5-10-14-6-16-15-10/h2-4,6-7,12H,5H2,1H3. The van der Waals surface area contributed by atoms with Crippen LogP contribution in [0.3, 0.4) is 0 Å². The number of aromatic nitrogens is 3. The number of hydrogen-bond acceptors (Lipinski definition) is 5. The van der Waals surface area contributed by atoms with Crippen molar-refractivity contribution in [3.05, 3.63) is 42.1 Å². The maximum absolute atomic E-state index is 12.6. The van der Waals surface area contributed by atoms with E-state index in [1.54, 1.807) is 6.07 Å². The van der Waals surface area contributed by atoms with Crippen LogP contribution in [0.1, 0.15) is 24.5 Å². The average molecular weight is 222 g/mol. The molecule has 0 spiro atoms. The van der Waals surface area contributed by atoms with Crippen molar-refractivity contribution >= 4 is 0 Å². The first kappa shape index (κ1) is 10.7. The zero-order chi connectivity index (χ0) is 11.4. The summed E-state index contributed by atoms with van der Waals surface area (Å²) in [7, 11) is 0. The topological polar surface area (TPSA) is 63.8 Å². The lowest BCUT2D eigenvalue weighted by atomic mass is 10.2. The lowest BCUT2D eigenvalue weighted by molar-refractivity contribution is 0.404. The zero-order valence-corrected chi connectivity index (χ0v) is 8.72. The minimum Gasteiger partial charge on any atom is -0.343 e. The normalized spacial score (nSPS) is 12.6. The van der Waals surface area contributed by atoms with Crippen LogP contribution < -0.4 is 5.32 Å². The van der Waals surface area contributed by atoms with Crippen LogP contribution in [0.25, 0.3) is 0 Å². The number of nitrogens with one attached hydrogen (secondary N) is 1.